The maximum atomic E-state index is 13.4. The largest absolute Gasteiger partial charge is 0.503 e. The maximum Gasteiger partial charge on any atom is 0.337 e. The second-order valence-corrected chi connectivity index (χ2v) is 10.4. The number of esters is 1. The van der Waals surface area contributed by atoms with Crippen LogP contribution in [0.15, 0.2) is 69.5 Å². The Bertz CT molecular complexity index is 1210. The van der Waals surface area contributed by atoms with Gasteiger partial charge in [-0.2, -0.15) is 0 Å². The van der Waals surface area contributed by atoms with E-state index in [1.807, 2.05) is 37.3 Å². The summed E-state index contributed by atoms with van der Waals surface area (Å²) in [7, 11) is 1.46. The second-order valence-electron chi connectivity index (χ2n) is 9.55. The van der Waals surface area contributed by atoms with Crippen molar-refractivity contribution in [3.63, 3.8) is 0 Å². The molecule has 34 heavy (non-hydrogen) atoms. The van der Waals surface area contributed by atoms with E-state index >= 15 is 0 Å². The first-order chi connectivity index (χ1) is 16.1. The molecule has 4 rings (SSSR count). The number of nitrogens with one attached hydrogen (secondary N) is 1. The SMILES string of the molecule is COc1cc([C@@H]2C(C(=O)OCc3ccccc3)=C(C)NC3=C2C(=O)CC(C)(C)C3)cc(Br)c1O. The summed E-state index contributed by atoms with van der Waals surface area (Å²) in [6, 6.07) is 12.9. The minimum atomic E-state index is -0.645. The molecule has 0 bridgehead atoms. The predicted molar refractivity (Wildman–Crippen MR) is 132 cm³/mol. The quantitative estimate of drug-likeness (QED) is 0.500. The number of rotatable bonds is 5. The lowest BCUT2D eigenvalue weighted by molar-refractivity contribution is -0.140. The number of phenols is 1. The highest BCUT2D eigenvalue weighted by Crippen LogP contribution is 2.49. The molecule has 0 saturated heterocycles. The van der Waals surface area contributed by atoms with Gasteiger partial charge in [0.1, 0.15) is 6.61 Å². The van der Waals surface area contributed by atoms with Crippen molar-refractivity contribution in [2.75, 3.05) is 7.11 Å². The Morgan fingerprint density at radius 3 is 2.59 bits per heavy atom. The van der Waals surface area contributed by atoms with Gasteiger partial charge in [0, 0.05) is 29.3 Å². The summed E-state index contributed by atoms with van der Waals surface area (Å²) in [5, 5.41) is 13.7. The van der Waals surface area contributed by atoms with Gasteiger partial charge in [0.2, 0.25) is 0 Å². The number of halogens is 1. The first-order valence-corrected chi connectivity index (χ1v) is 11.9. The monoisotopic (exact) mass is 525 g/mol. The van der Waals surface area contributed by atoms with Crippen LogP contribution in [0.4, 0.5) is 0 Å². The maximum absolute atomic E-state index is 13.4. The summed E-state index contributed by atoms with van der Waals surface area (Å²) >= 11 is 3.38. The molecule has 0 unspecified atom stereocenters. The average molecular weight is 526 g/mol. The molecule has 0 aromatic heterocycles. The van der Waals surface area contributed by atoms with Crippen LogP contribution in [0.3, 0.4) is 0 Å². The van der Waals surface area contributed by atoms with Crippen molar-refractivity contribution in [2.45, 2.75) is 46.1 Å². The number of dihydropyridines is 1. The third kappa shape index (κ3) is 4.62. The van der Waals surface area contributed by atoms with Crippen LogP contribution in [0.1, 0.15) is 50.7 Å². The van der Waals surface area contributed by atoms with Gasteiger partial charge in [-0.15, -0.1) is 0 Å². The van der Waals surface area contributed by atoms with Crippen molar-refractivity contribution in [1.29, 1.82) is 0 Å². The number of ketones is 1. The van der Waals surface area contributed by atoms with E-state index in [2.05, 4.69) is 35.1 Å². The van der Waals surface area contributed by atoms with E-state index in [1.165, 1.54) is 7.11 Å². The predicted octanol–water partition coefficient (Wildman–Crippen LogP) is 5.51. The van der Waals surface area contributed by atoms with Crippen molar-refractivity contribution in [3.05, 3.63) is 80.6 Å². The fourth-order valence-electron chi connectivity index (χ4n) is 4.76. The molecule has 0 saturated carbocycles. The molecule has 2 aliphatic rings. The Labute approximate surface area is 207 Å². The molecule has 1 aliphatic heterocycles. The summed E-state index contributed by atoms with van der Waals surface area (Å²) in [5.41, 5.74) is 3.76. The second kappa shape index (κ2) is 9.29. The zero-order valence-corrected chi connectivity index (χ0v) is 21.3. The summed E-state index contributed by atoms with van der Waals surface area (Å²) in [6.45, 7) is 6.08. The van der Waals surface area contributed by atoms with Crippen molar-refractivity contribution in [1.82, 2.24) is 5.32 Å². The van der Waals surface area contributed by atoms with Gasteiger partial charge < -0.3 is 19.9 Å². The van der Waals surface area contributed by atoms with E-state index in [0.717, 1.165) is 11.3 Å². The fourth-order valence-corrected chi connectivity index (χ4v) is 5.22. The van der Waals surface area contributed by atoms with E-state index < -0.39 is 11.9 Å². The van der Waals surface area contributed by atoms with Crippen LogP contribution in [0.5, 0.6) is 11.5 Å². The van der Waals surface area contributed by atoms with Crippen molar-refractivity contribution < 1.29 is 24.2 Å². The van der Waals surface area contributed by atoms with Crippen molar-refractivity contribution in [2.24, 2.45) is 5.41 Å². The number of hydrogen-bond acceptors (Lipinski definition) is 6. The zero-order chi connectivity index (χ0) is 24.6. The van der Waals surface area contributed by atoms with Crippen molar-refractivity contribution in [3.8, 4) is 11.5 Å². The van der Waals surface area contributed by atoms with E-state index in [0.29, 0.717) is 39.7 Å². The van der Waals surface area contributed by atoms with Gasteiger partial charge in [0.05, 0.1) is 17.2 Å². The Balaban J connectivity index is 1.81. The molecular formula is C27H28BrNO5. The molecule has 6 nitrogen and oxygen atoms in total. The topological polar surface area (TPSA) is 84.9 Å². The number of carbonyl (C=O) groups excluding carboxylic acids is 2. The van der Waals surface area contributed by atoms with Gasteiger partial charge in [-0.3, -0.25) is 4.79 Å². The molecule has 2 aromatic rings. The number of hydrogen-bond donors (Lipinski definition) is 2. The minimum Gasteiger partial charge on any atom is -0.503 e. The van der Waals surface area contributed by atoms with Gasteiger partial charge in [-0.05, 0) is 57.9 Å². The molecule has 2 N–H and O–H groups in total. The molecule has 0 radical (unpaired) electrons. The molecule has 0 amide bonds. The van der Waals surface area contributed by atoms with E-state index in [4.69, 9.17) is 9.47 Å². The molecule has 1 heterocycles. The first kappa shape index (κ1) is 24.1. The lowest BCUT2D eigenvalue weighted by Gasteiger charge is -2.39. The highest BCUT2D eigenvalue weighted by Gasteiger charge is 2.43. The lowest BCUT2D eigenvalue weighted by Crippen LogP contribution is -2.38. The summed E-state index contributed by atoms with van der Waals surface area (Å²) < 4.78 is 11.5. The third-order valence-corrected chi connectivity index (χ3v) is 6.88. The zero-order valence-electron chi connectivity index (χ0n) is 19.7. The highest BCUT2D eigenvalue weighted by atomic mass is 79.9. The molecule has 0 fully saturated rings. The summed E-state index contributed by atoms with van der Waals surface area (Å²) in [5.74, 6) is -0.935. The Kier molecular flexibility index (Phi) is 6.58. The standard InChI is InChI=1S/C27H28BrNO5/c1-15-22(26(32)34-14-16-8-6-5-7-9-16)23(17-10-18(28)25(31)21(11-17)33-4)24-19(29-15)12-27(2,3)13-20(24)30/h5-11,23,29,31H,12-14H2,1-4H3/t23-/m1/s1. The van der Waals surface area contributed by atoms with E-state index in [-0.39, 0.29) is 29.3 Å². The molecule has 0 spiro atoms. The Morgan fingerprint density at radius 1 is 1.21 bits per heavy atom. The molecule has 1 atom stereocenters. The number of benzene rings is 2. The van der Waals surface area contributed by atoms with Crippen LogP contribution in [0.2, 0.25) is 0 Å². The van der Waals surface area contributed by atoms with Crippen LogP contribution in [0.25, 0.3) is 0 Å². The van der Waals surface area contributed by atoms with Crippen LogP contribution >= 0.6 is 15.9 Å². The molecule has 7 heteroatoms. The van der Waals surface area contributed by atoms with Gasteiger partial charge in [-0.25, -0.2) is 4.79 Å². The van der Waals surface area contributed by atoms with E-state index in [1.54, 1.807) is 12.1 Å². The number of ether oxygens (including phenoxy) is 2. The molecule has 178 valence electrons. The van der Waals surface area contributed by atoms with Gasteiger partial charge in [0.15, 0.2) is 17.3 Å². The smallest absolute Gasteiger partial charge is 0.337 e. The Hall–Kier alpha value is -3.06. The first-order valence-electron chi connectivity index (χ1n) is 11.1. The van der Waals surface area contributed by atoms with Crippen LogP contribution in [-0.2, 0) is 20.9 Å². The molecule has 1 aliphatic carbocycles. The Morgan fingerprint density at radius 2 is 1.91 bits per heavy atom. The van der Waals surface area contributed by atoms with Crippen LogP contribution in [-0.4, -0.2) is 24.0 Å². The third-order valence-electron chi connectivity index (χ3n) is 6.28. The fraction of sp³-hybridized carbons (Fsp3) is 0.333. The molecular weight excluding hydrogens is 498 g/mol. The molecule has 2 aromatic carbocycles. The van der Waals surface area contributed by atoms with Crippen molar-refractivity contribution >= 4 is 27.7 Å². The van der Waals surface area contributed by atoms with Crippen LogP contribution in [0, 0.1) is 5.41 Å². The number of phenolic OH excluding ortho intramolecular Hbond substituents is 1. The number of methoxy groups -OCH3 is 1. The number of carbonyl (C=O) groups is 2. The van der Waals surface area contributed by atoms with E-state index in [9.17, 15) is 14.7 Å². The van der Waals surface area contributed by atoms with Crippen LogP contribution < -0.4 is 10.1 Å². The normalized spacial score (nSPS) is 19.4. The number of allylic oxidation sites excluding steroid dienone is 3. The minimum absolute atomic E-state index is 0.00669. The average Bonchev–Trinajstić information content (AvgIpc) is 2.78. The van der Waals surface area contributed by atoms with Gasteiger partial charge >= 0.3 is 5.97 Å². The number of Topliss-reactive ketones (excluding diaryl/α,β-unsaturated/α-hetero) is 1. The summed E-state index contributed by atoms with van der Waals surface area (Å²) in [6.07, 6.45) is 1.07. The van der Waals surface area contributed by atoms with Gasteiger partial charge in [0.25, 0.3) is 0 Å². The highest BCUT2D eigenvalue weighted by molar-refractivity contribution is 9.10. The summed E-state index contributed by atoms with van der Waals surface area (Å²) in [4.78, 5) is 26.9. The number of aromatic hydroxyl groups is 1. The van der Waals surface area contributed by atoms with Gasteiger partial charge in [-0.1, -0.05) is 44.2 Å². The lowest BCUT2D eigenvalue weighted by atomic mass is 9.68.